The molecule has 1 saturated heterocycles. The molecule has 0 bridgehead atoms. The summed E-state index contributed by atoms with van der Waals surface area (Å²) in [5.41, 5.74) is 3.65. The predicted octanol–water partition coefficient (Wildman–Crippen LogP) is 4.23. The summed E-state index contributed by atoms with van der Waals surface area (Å²) in [6.07, 6.45) is 1.64. The minimum Gasteiger partial charge on any atom is -0.368 e. The number of carbonyl (C=O) groups excluding carboxylic acids is 2. The van der Waals surface area contributed by atoms with Gasteiger partial charge in [-0.15, -0.1) is 0 Å². The van der Waals surface area contributed by atoms with Gasteiger partial charge in [-0.05, 0) is 42.8 Å². The van der Waals surface area contributed by atoms with E-state index in [-0.39, 0.29) is 11.8 Å². The molecule has 1 aliphatic rings. The fourth-order valence-corrected chi connectivity index (χ4v) is 3.97. The van der Waals surface area contributed by atoms with Crippen molar-refractivity contribution in [2.75, 3.05) is 31.1 Å². The van der Waals surface area contributed by atoms with Crippen LogP contribution in [0.25, 0.3) is 10.9 Å². The van der Waals surface area contributed by atoms with Crippen LogP contribution in [-0.4, -0.2) is 47.5 Å². The molecule has 0 atom stereocenters. The number of anilines is 1. The third kappa shape index (κ3) is 3.38. The van der Waals surface area contributed by atoms with Crippen LogP contribution >= 0.6 is 11.6 Å². The Morgan fingerprint density at radius 2 is 1.75 bits per heavy atom. The molecule has 1 aliphatic heterocycles. The smallest absolute Gasteiger partial charge is 0.256 e. The molecule has 0 unspecified atom stereocenters. The van der Waals surface area contributed by atoms with E-state index in [1.807, 2.05) is 4.90 Å². The second-order valence-electron chi connectivity index (χ2n) is 7.21. The Labute approximate surface area is 169 Å². The molecule has 0 N–H and O–H groups in total. The molecule has 2 aromatic carbocycles. The number of nitrogens with zero attached hydrogens (tertiary/aromatic N) is 3. The van der Waals surface area contributed by atoms with Gasteiger partial charge in [-0.3, -0.25) is 14.2 Å². The maximum Gasteiger partial charge on any atom is 0.256 e. The molecule has 4 rings (SSSR count). The highest BCUT2D eigenvalue weighted by Gasteiger charge is 2.25. The van der Waals surface area contributed by atoms with Gasteiger partial charge in [-0.25, -0.2) is 0 Å². The van der Waals surface area contributed by atoms with E-state index in [1.165, 1.54) is 22.7 Å². The molecular formula is C22H22ClN3O2. The Kier molecular flexibility index (Phi) is 4.85. The van der Waals surface area contributed by atoms with Crippen molar-refractivity contribution in [3.05, 3.63) is 64.8 Å². The van der Waals surface area contributed by atoms with Crippen molar-refractivity contribution in [2.24, 2.45) is 0 Å². The van der Waals surface area contributed by atoms with E-state index < -0.39 is 0 Å². The lowest BCUT2D eigenvalue weighted by atomic mass is 10.1. The van der Waals surface area contributed by atoms with Gasteiger partial charge in [0.2, 0.25) is 5.91 Å². The van der Waals surface area contributed by atoms with Gasteiger partial charge in [-0.1, -0.05) is 23.7 Å². The summed E-state index contributed by atoms with van der Waals surface area (Å²) in [5, 5.41) is 1.26. The molecule has 28 heavy (non-hydrogen) atoms. The average molecular weight is 396 g/mol. The van der Waals surface area contributed by atoms with Crippen LogP contribution in [0.5, 0.6) is 0 Å². The van der Waals surface area contributed by atoms with Gasteiger partial charge in [0.15, 0.2) is 0 Å². The zero-order valence-electron chi connectivity index (χ0n) is 16.0. The van der Waals surface area contributed by atoms with Crippen LogP contribution in [0, 0.1) is 6.92 Å². The zero-order valence-corrected chi connectivity index (χ0v) is 16.7. The molecule has 2 heterocycles. The van der Waals surface area contributed by atoms with E-state index >= 15 is 0 Å². The number of piperazine rings is 1. The van der Waals surface area contributed by atoms with Crippen LogP contribution in [-0.2, 0) is 0 Å². The van der Waals surface area contributed by atoms with Crippen molar-refractivity contribution in [1.29, 1.82) is 0 Å². The lowest BCUT2D eigenvalue weighted by Crippen LogP contribution is -2.48. The highest BCUT2D eigenvalue weighted by molar-refractivity contribution is 6.31. The Morgan fingerprint density at radius 1 is 1.00 bits per heavy atom. The Hall–Kier alpha value is -2.79. The van der Waals surface area contributed by atoms with E-state index in [9.17, 15) is 9.59 Å². The molecule has 0 aliphatic carbocycles. The lowest BCUT2D eigenvalue weighted by Gasteiger charge is -2.36. The van der Waals surface area contributed by atoms with E-state index in [0.29, 0.717) is 34.6 Å². The van der Waals surface area contributed by atoms with Crippen molar-refractivity contribution in [2.45, 2.75) is 13.8 Å². The summed E-state index contributed by atoms with van der Waals surface area (Å²) in [6, 6.07) is 13.7. The van der Waals surface area contributed by atoms with Gasteiger partial charge in [0.05, 0.1) is 11.1 Å². The van der Waals surface area contributed by atoms with Gasteiger partial charge >= 0.3 is 0 Å². The third-order valence-corrected chi connectivity index (χ3v) is 5.50. The van der Waals surface area contributed by atoms with E-state index in [4.69, 9.17) is 11.6 Å². The summed E-state index contributed by atoms with van der Waals surface area (Å²) in [5.74, 6) is -0.188. The average Bonchev–Trinajstić information content (AvgIpc) is 3.06. The first-order valence-corrected chi connectivity index (χ1v) is 9.74. The summed E-state index contributed by atoms with van der Waals surface area (Å²) in [7, 11) is 0. The molecule has 6 heteroatoms. The Balaban J connectivity index is 1.58. The van der Waals surface area contributed by atoms with E-state index in [0.717, 1.165) is 13.1 Å². The first-order valence-electron chi connectivity index (χ1n) is 9.36. The van der Waals surface area contributed by atoms with Crippen molar-refractivity contribution in [3.63, 3.8) is 0 Å². The maximum absolute atomic E-state index is 13.2. The largest absolute Gasteiger partial charge is 0.368 e. The number of aryl methyl sites for hydroxylation is 1. The molecule has 3 aromatic rings. The molecule has 5 nitrogen and oxygen atoms in total. The van der Waals surface area contributed by atoms with E-state index in [1.54, 1.807) is 24.4 Å². The van der Waals surface area contributed by atoms with Gasteiger partial charge in [0, 0.05) is 55.4 Å². The standard InChI is InChI=1S/C22H22ClN3O2/c1-15-4-3-5-18(12-15)24-8-10-25(11-9-24)22(28)20-14-26(16(2)27)21-7-6-17(23)13-19(20)21/h3-7,12-14H,8-11H2,1-2H3. The predicted molar refractivity (Wildman–Crippen MR) is 113 cm³/mol. The van der Waals surface area contributed by atoms with Gasteiger partial charge in [-0.2, -0.15) is 0 Å². The highest BCUT2D eigenvalue weighted by Crippen LogP contribution is 2.27. The summed E-state index contributed by atoms with van der Waals surface area (Å²) in [4.78, 5) is 29.3. The highest BCUT2D eigenvalue weighted by atomic mass is 35.5. The second-order valence-corrected chi connectivity index (χ2v) is 7.65. The quantitative estimate of drug-likeness (QED) is 0.652. The fraction of sp³-hybridized carbons (Fsp3) is 0.273. The van der Waals surface area contributed by atoms with Crippen LogP contribution in [0.3, 0.4) is 0 Å². The topological polar surface area (TPSA) is 45.6 Å². The number of halogens is 1. The molecule has 0 spiro atoms. The third-order valence-electron chi connectivity index (χ3n) is 5.27. The van der Waals surface area contributed by atoms with Crippen LogP contribution < -0.4 is 4.90 Å². The number of amides is 1. The van der Waals surface area contributed by atoms with Crippen molar-refractivity contribution >= 4 is 40.0 Å². The number of hydrogen-bond donors (Lipinski definition) is 0. The van der Waals surface area contributed by atoms with Crippen molar-refractivity contribution in [3.8, 4) is 0 Å². The van der Waals surface area contributed by atoms with Crippen LogP contribution in [0.4, 0.5) is 5.69 Å². The molecule has 1 aromatic heterocycles. The first kappa shape index (κ1) is 18.6. The zero-order chi connectivity index (χ0) is 19.8. The minimum absolute atomic E-state index is 0.0591. The number of fused-ring (bicyclic) bond motifs is 1. The summed E-state index contributed by atoms with van der Waals surface area (Å²) in [6.45, 7) is 6.41. The fourth-order valence-electron chi connectivity index (χ4n) is 3.80. The Morgan fingerprint density at radius 3 is 2.43 bits per heavy atom. The normalized spacial score (nSPS) is 14.5. The van der Waals surface area contributed by atoms with Gasteiger partial charge in [0.25, 0.3) is 5.91 Å². The summed E-state index contributed by atoms with van der Waals surface area (Å²) >= 11 is 6.14. The number of benzene rings is 2. The van der Waals surface area contributed by atoms with Gasteiger partial charge in [0.1, 0.15) is 0 Å². The van der Waals surface area contributed by atoms with Crippen molar-refractivity contribution in [1.82, 2.24) is 9.47 Å². The first-order chi connectivity index (χ1) is 13.4. The van der Waals surface area contributed by atoms with E-state index in [2.05, 4.69) is 36.1 Å². The number of hydrogen-bond acceptors (Lipinski definition) is 3. The molecule has 1 fully saturated rings. The van der Waals surface area contributed by atoms with Crippen LogP contribution in [0.2, 0.25) is 5.02 Å². The monoisotopic (exact) mass is 395 g/mol. The molecule has 144 valence electrons. The second kappa shape index (κ2) is 7.32. The van der Waals surface area contributed by atoms with Crippen LogP contribution in [0.1, 0.15) is 27.6 Å². The summed E-state index contributed by atoms with van der Waals surface area (Å²) < 4.78 is 1.52. The van der Waals surface area contributed by atoms with Crippen LogP contribution in [0.15, 0.2) is 48.7 Å². The molecule has 1 amide bonds. The number of carbonyl (C=O) groups is 2. The SMILES string of the molecule is CC(=O)n1cc(C(=O)N2CCN(c3cccc(C)c3)CC2)c2cc(Cl)ccc21. The lowest BCUT2D eigenvalue weighted by molar-refractivity contribution is 0.0748. The Bertz CT molecular complexity index is 1060. The number of rotatable bonds is 2. The maximum atomic E-state index is 13.2. The number of aromatic nitrogens is 1. The molecular weight excluding hydrogens is 374 g/mol. The van der Waals surface area contributed by atoms with Crippen molar-refractivity contribution < 1.29 is 9.59 Å². The molecule has 0 saturated carbocycles. The minimum atomic E-state index is -0.129. The molecule has 0 radical (unpaired) electrons. The van der Waals surface area contributed by atoms with Gasteiger partial charge < -0.3 is 9.80 Å².